The maximum absolute atomic E-state index is 13.5. The van der Waals surface area contributed by atoms with Crippen molar-refractivity contribution in [1.29, 1.82) is 0 Å². The van der Waals surface area contributed by atoms with E-state index in [0.717, 1.165) is 36.2 Å². The zero-order valence-electron chi connectivity index (χ0n) is 14.8. The van der Waals surface area contributed by atoms with E-state index in [1.807, 2.05) is 18.5 Å². The summed E-state index contributed by atoms with van der Waals surface area (Å²) in [5.41, 5.74) is 2.19. The van der Waals surface area contributed by atoms with E-state index in [9.17, 15) is 8.78 Å². The van der Waals surface area contributed by atoms with E-state index in [-0.39, 0.29) is 5.92 Å². The summed E-state index contributed by atoms with van der Waals surface area (Å²) in [6, 6.07) is 7.62. The fourth-order valence-electron chi connectivity index (χ4n) is 2.75. The van der Waals surface area contributed by atoms with Crippen molar-refractivity contribution in [1.82, 2.24) is 14.5 Å². The zero-order chi connectivity index (χ0) is 18.5. The third kappa shape index (κ3) is 4.69. The number of rotatable bonds is 7. The molecule has 0 saturated heterocycles. The van der Waals surface area contributed by atoms with Gasteiger partial charge in [-0.05, 0) is 48.6 Å². The number of aromatic nitrogens is 3. The second-order valence-corrected chi connectivity index (χ2v) is 7.51. The largest absolute Gasteiger partial charge is 0.325 e. The molecule has 2 aromatic heterocycles. The molecule has 2 heterocycles. The van der Waals surface area contributed by atoms with Crippen molar-refractivity contribution >= 4 is 11.8 Å². The van der Waals surface area contributed by atoms with Gasteiger partial charge in [-0.25, -0.2) is 13.8 Å². The summed E-state index contributed by atoms with van der Waals surface area (Å²) < 4.78 is 29.1. The minimum atomic E-state index is -0.567. The molecule has 0 saturated carbocycles. The fourth-order valence-corrected chi connectivity index (χ4v) is 3.97. The monoisotopic (exact) mass is 373 g/mol. The van der Waals surface area contributed by atoms with Crippen LogP contribution in [0.5, 0.6) is 0 Å². The first-order valence-electron chi connectivity index (χ1n) is 8.61. The molecule has 6 heteroatoms. The molecule has 0 unspecified atom stereocenters. The SMILES string of the molecule is CC(C)c1ncn(CCCc2ccncc2)c1Sc1cc(F)cc(F)c1. The Kier molecular flexibility index (Phi) is 6.04. The first kappa shape index (κ1) is 18.6. The van der Waals surface area contributed by atoms with Crippen molar-refractivity contribution in [2.75, 3.05) is 0 Å². The quantitative estimate of drug-likeness (QED) is 0.551. The average molecular weight is 373 g/mol. The molecule has 0 aliphatic rings. The normalized spacial score (nSPS) is 11.3. The first-order valence-corrected chi connectivity index (χ1v) is 9.42. The van der Waals surface area contributed by atoms with Gasteiger partial charge in [-0.15, -0.1) is 0 Å². The lowest BCUT2D eigenvalue weighted by atomic mass is 10.1. The molecule has 3 nitrogen and oxygen atoms in total. The lowest BCUT2D eigenvalue weighted by molar-refractivity contribution is 0.576. The van der Waals surface area contributed by atoms with Crippen LogP contribution in [-0.2, 0) is 13.0 Å². The molecule has 0 amide bonds. The van der Waals surface area contributed by atoms with Crippen LogP contribution in [0.25, 0.3) is 0 Å². The van der Waals surface area contributed by atoms with Crippen LogP contribution in [0.15, 0.2) is 59.0 Å². The minimum absolute atomic E-state index is 0.234. The molecule has 0 spiro atoms. The highest BCUT2D eigenvalue weighted by Crippen LogP contribution is 2.34. The van der Waals surface area contributed by atoms with E-state index in [0.29, 0.717) is 4.90 Å². The fraction of sp³-hybridized carbons (Fsp3) is 0.300. The second kappa shape index (κ2) is 8.45. The number of imidazole rings is 1. The maximum atomic E-state index is 13.5. The van der Waals surface area contributed by atoms with Crippen LogP contribution in [0.2, 0.25) is 0 Å². The molecule has 0 aliphatic carbocycles. The second-order valence-electron chi connectivity index (χ2n) is 6.45. The van der Waals surface area contributed by atoms with Crippen LogP contribution in [0.1, 0.15) is 37.4 Å². The van der Waals surface area contributed by atoms with Gasteiger partial charge >= 0.3 is 0 Å². The summed E-state index contributed by atoms with van der Waals surface area (Å²) in [4.78, 5) is 9.10. The Morgan fingerprint density at radius 3 is 2.42 bits per heavy atom. The number of benzene rings is 1. The lowest BCUT2D eigenvalue weighted by Crippen LogP contribution is -2.02. The third-order valence-electron chi connectivity index (χ3n) is 4.03. The number of hydrogen-bond donors (Lipinski definition) is 0. The van der Waals surface area contributed by atoms with Crippen LogP contribution in [0, 0.1) is 11.6 Å². The third-order valence-corrected chi connectivity index (χ3v) is 5.14. The highest BCUT2D eigenvalue weighted by atomic mass is 32.2. The number of pyridine rings is 1. The summed E-state index contributed by atoms with van der Waals surface area (Å²) in [5.74, 6) is -0.901. The Morgan fingerprint density at radius 2 is 1.77 bits per heavy atom. The maximum Gasteiger partial charge on any atom is 0.127 e. The minimum Gasteiger partial charge on any atom is -0.325 e. The van der Waals surface area contributed by atoms with Gasteiger partial charge in [-0.1, -0.05) is 25.6 Å². The van der Waals surface area contributed by atoms with Crippen molar-refractivity contribution in [3.63, 3.8) is 0 Å². The predicted molar refractivity (Wildman–Crippen MR) is 99.4 cm³/mol. The Balaban J connectivity index is 1.77. The van der Waals surface area contributed by atoms with E-state index >= 15 is 0 Å². The molecule has 0 fully saturated rings. The van der Waals surface area contributed by atoms with Gasteiger partial charge < -0.3 is 4.57 Å². The topological polar surface area (TPSA) is 30.7 Å². The van der Waals surface area contributed by atoms with Crippen LogP contribution in [0.3, 0.4) is 0 Å². The molecule has 3 rings (SSSR count). The van der Waals surface area contributed by atoms with Crippen LogP contribution >= 0.6 is 11.8 Å². The van der Waals surface area contributed by atoms with Crippen molar-refractivity contribution < 1.29 is 8.78 Å². The Bertz CT molecular complexity index is 842. The number of halogens is 2. The van der Waals surface area contributed by atoms with E-state index in [4.69, 9.17) is 0 Å². The van der Waals surface area contributed by atoms with E-state index < -0.39 is 11.6 Å². The Labute approximate surface area is 156 Å². The van der Waals surface area contributed by atoms with Gasteiger partial charge in [0.15, 0.2) is 0 Å². The molecule has 136 valence electrons. The number of aryl methyl sites for hydroxylation is 2. The van der Waals surface area contributed by atoms with Crippen molar-refractivity contribution in [2.45, 2.75) is 49.1 Å². The van der Waals surface area contributed by atoms with Gasteiger partial charge in [0.05, 0.1) is 12.0 Å². The number of nitrogens with zero attached hydrogens (tertiary/aromatic N) is 3. The van der Waals surface area contributed by atoms with Crippen LogP contribution in [0.4, 0.5) is 8.78 Å². The Morgan fingerprint density at radius 1 is 1.08 bits per heavy atom. The molecular weight excluding hydrogens is 352 g/mol. The van der Waals surface area contributed by atoms with E-state index in [2.05, 4.69) is 28.4 Å². The summed E-state index contributed by atoms with van der Waals surface area (Å²) in [7, 11) is 0. The molecule has 0 radical (unpaired) electrons. The zero-order valence-corrected chi connectivity index (χ0v) is 15.6. The van der Waals surface area contributed by atoms with E-state index in [1.165, 1.54) is 29.5 Å². The van der Waals surface area contributed by atoms with Gasteiger partial charge in [-0.3, -0.25) is 4.98 Å². The summed E-state index contributed by atoms with van der Waals surface area (Å²) in [6.07, 6.45) is 7.30. The highest BCUT2D eigenvalue weighted by molar-refractivity contribution is 7.99. The van der Waals surface area contributed by atoms with Gasteiger partial charge in [0.2, 0.25) is 0 Å². The van der Waals surface area contributed by atoms with Crippen molar-refractivity contribution in [3.8, 4) is 0 Å². The lowest BCUT2D eigenvalue weighted by Gasteiger charge is -2.12. The average Bonchev–Trinajstić information content (AvgIpc) is 2.98. The summed E-state index contributed by atoms with van der Waals surface area (Å²) in [5, 5.41) is 0.944. The summed E-state index contributed by atoms with van der Waals surface area (Å²) in [6.45, 7) is 4.93. The standard InChI is InChI=1S/C20H21F2N3S/c1-14(2)19-20(26-18-11-16(21)10-17(22)12-18)25(13-24-19)9-3-4-15-5-7-23-8-6-15/h5-8,10-14H,3-4,9H2,1-2H3. The first-order chi connectivity index (χ1) is 12.5. The predicted octanol–water partition coefficient (Wildman–Crippen LogP) is 5.46. The molecular formula is C20H21F2N3S. The van der Waals surface area contributed by atoms with Gasteiger partial charge in [-0.2, -0.15) is 0 Å². The number of hydrogen-bond acceptors (Lipinski definition) is 3. The van der Waals surface area contributed by atoms with Gasteiger partial charge in [0.1, 0.15) is 16.7 Å². The van der Waals surface area contributed by atoms with Gasteiger partial charge in [0, 0.05) is 29.9 Å². The van der Waals surface area contributed by atoms with Crippen molar-refractivity contribution in [2.24, 2.45) is 0 Å². The van der Waals surface area contributed by atoms with Crippen LogP contribution < -0.4 is 0 Å². The molecule has 0 atom stereocenters. The smallest absolute Gasteiger partial charge is 0.127 e. The van der Waals surface area contributed by atoms with Crippen LogP contribution in [-0.4, -0.2) is 14.5 Å². The molecule has 0 bridgehead atoms. The summed E-state index contributed by atoms with van der Waals surface area (Å²) >= 11 is 1.36. The Hall–Kier alpha value is -2.21. The molecule has 3 aromatic rings. The molecule has 1 aromatic carbocycles. The molecule has 0 N–H and O–H groups in total. The highest BCUT2D eigenvalue weighted by Gasteiger charge is 2.16. The van der Waals surface area contributed by atoms with Crippen molar-refractivity contribution in [3.05, 3.63) is 71.9 Å². The van der Waals surface area contributed by atoms with E-state index in [1.54, 1.807) is 12.4 Å². The molecule has 26 heavy (non-hydrogen) atoms. The van der Waals surface area contributed by atoms with Gasteiger partial charge in [0.25, 0.3) is 0 Å². The molecule has 0 aliphatic heterocycles.